The summed E-state index contributed by atoms with van der Waals surface area (Å²) in [5, 5.41) is 8.22. The molecule has 1 N–H and O–H groups in total. The molecule has 0 aromatic carbocycles. The van der Waals surface area contributed by atoms with E-state index in [0.717, 1.165) is 38.0 Å². The maximum atomic E-state index is 10.0. The van der Waals surface area contributed by atoms with Gasteiger partial charge in [-0.25, -0.2) is 4.79 Å². The van der Waals surface area contributed by atoms with Crippen LogP contribution in [0.4, 0.5) is 0 Å². The van der Waals surface area contributed by atoms with E-state index < -0.39 is 5.97 Å². The Morgan fingerprint density at radius 3 is 2.42 bits per heavy atom. The second-order valence-electron chi connectivity index (χ2n) is 2.55. The van der Waals surface area contributed by atoms with Crippen molar-refractivity contribution in [1.82, 2.24) is 0 Å². The van der Waals surface area contributed by atoms with Gasteiger partial charge in [0.25, 0.3) is 0 Å². The van der Waals surface area contributed by atoms with E-state index in [4.69, 9.17) is 5.11 Å². The normalized spacial score (nSPS) is 10.3. The molecule has 0 radical (unpaired) electrons. The summed E-state index contributed by atoms with van der Waals surface area (Å²) in [6, 6.07) is 0. The van der Waals surface area contributed by atoms with Crippen LogP contribution in [0.2, 0.25) is 0 Å². The second kappa shape index (κ2) is 7.98. The third-order valence-electron chi connectivity index (χ3n) is 1.45. The fourth-order valence-corrected chi connectivity index (χ4v) is 0.851. The molecule has 12 heavy (non-hydrogen) atoms. The molecule has 0 amide bonds. The molecule has 0 aromatic heterocycles. The average Bonchev–Trinajstić information content (AvgIpc) is 2.02. The van der Waals surface area contributed by atoms with Crippen molar-refractivity contribution >= 4 is 12.3 Å². The summed E-state index contributed by atoms with van der Waals surface area (Å²) in [6.07, 6.45) is 7.95. The number of hydrogen-bond donors (Lipinski definition) is 1. The number of carbonyl (C=O) groups is 2. The van der Waals surface area contributed by atoms with E-state index in [1.54, 1.807) is 6.08 Å². The van der Waals surface area contributed by atoms with Crippen LogP contribution < -0.4 is 0 Å². The topological polar surface area (TPSA) is 54.4 Å². The largest absolute Gasteiger partial charge is 0.478 e. The van der Waals surface area contributed by atoms with Gasteiger partial charge in [0, 0.05) is 12.5 Å². The predicted octanol–water partition coefficient (Wildman–Crippen LogP) is 1.78. The van der Waals surface area contributed by atoms with Crippen molar-refractivity contribution in [3.8, 4) is 0 Å². The highest BCUT2D eigenvalue weighted by atomic mass is 16.4. The number of aliphatic carboxylic acids is 1. The quantitative estimate of drug-likeness (QED) is 0.360. The summed E-state index contributed by atoms with van der Waals surface area (Å²) in [6.45, 7) is 0. The van der Waals surface area contributed by atoms with Crippen LogP contribution in [0, 0.1) is 0 Å². The molecule has 0 heterocycles. The summed E-state index contributed by atoms with van der Waals surface area (Å²) >= 11 is 0. The molecule has 0 aliphatic heterocycles. The molecule has 0 fully saturated rings. The first kappa shape index (κ1) is 10.9. The zero-order chi connectivity index (χ0) is 9.23. The summed E-state index contributed by atoms with van der Waals surface area (Å²) in [7, 11) is 0. The second-order valence-corrected chi connectivity index (χ2v) is 2.55. The van der Waals surface area contributed by atoms with Crippen LogP contribution in [0.15, 0.2) is 12.2 Å². The number of hydrogen-bond acceptors (Lipinski definition) is 2. The zero-order valence-corrected chi connectivity index (χ0v) is 7.03. The van der Waals surface area contributed by atoms with Crippen LogP contribution in [0.3, 0.4) is 0 Å². The van der Waals surface area contributed by atoms with Gasteiger partial charge in [-0.15, -0.1) is 0 Å². The average molecular weight is 170 g/mol. The van der Waals surface area contributed by atoms with Crippen LogP contribution >= 0.6 is 0 Å². The molecule has 0 spiro atoms. The van der Waals surface area contributed by atoms with Crippen LogP contribution in [0.25, 0.3) is 0 Å². The number of carboxylic acid groups (broad SMARTS) is 1. The Hall–Kier alpha value is -1.12. The van der Waals surface area contributed by atoms with Gasteiger partial charge in [-0.2, -0.15) is 0 Å². The minimum atomic E-state index is -0.900. The lowest BCUT2D eigenvalue weighted by molar-refractivity contribution is -0.131. The lowest BCUT2D eigenvalue weighted by atomic mass is 10.1. The molecule has 68 valence electrons. The highest BCUT2D eigenvalue weighted by molar-refractivity contribution is 5.79. The van der Waals surface area contributed by atoms with Crippen molar-refractivity contribution in [2.24, 2.45) is 0 Å². The van der Waals surface area contributed by atoms with Crippen molar-refractivity contribution in [3.63, 3.8) is 0 Å². The van der Waals surface area contributed by atoms with Crippen LogP contribution in [-0.4, -0.2) is 17.4 Å². The van der Waals surface area contributed by atoms with Gasteiger partial charge in [0.2, 0.25) is 0 Å². The van der Waals surface area contributed by atoms with Gasteiger partial charge in [-0.3, -0.25) is 0 Å². The van der Waals surface area contributed by atoms with E-state index in [1.165, 1.54) is 0 Å². The monoisotopic (exact) mass is 170 g/mol. The molecule has 0 saturated carbocycles. The maximum absolute atomic E-state index is 10.0. The molecule has 0 bridgehead atoms. The SMILES string of the molecule is O=CCCCCC/C=C/C(=O)O. The Kier molecular flexibility index (Phi) is 7.24. The molecule has 0 aliphatic carbocycles. The van der Waals surface area contributed by atoms with E-state index in [0.29, 0.717) is 6.42 Å². The van der Waals surface area contributed by atoms with Gasteiger partial charge in [0.05, 0.1) is 0 Å². The summed E-state index contributed by atoms with van der Waals surface area (Å²) in [5.74, 6) is -0.900. The lowest BCUT2D eigenvalue weighted by Gasteiger charge is -1.92. The molecule has 0 aromatic rings. The number of rotatable bonds is 7. The van der Waals surface area contributed by atoms with Gasteiger partial charge in [0.1, 0.15) is 6.29 Å². The fourth-order valence-electron chi connectivity index (χ4n) is 0.851. The van der Waals surface area contributed by atoms with Crippen LogP contribution in [-0.2, 0) is 9.59 Å². The standard InChI is InChI=1S/C9H14O3/c10-8-6-4-2-1-3-5-7-9(11)12/h5,7-8H,1-4,6H2,(H,11,12)/b7-5+. The number of carboxylic acids is 1. The fraction of sp³-hybridized carbons (Fsp3) is 0.556. The van der Waals surface area contributed by atoms with Gasteiger partial charge in [0.15, 0.2) is 0 Å². The van der Waals surface area contributed by atoms with E-state index in [2.05, 4.69) is 0 Å². The molecule has 0 saturated heterocycles. The van der Waals surface area contributed by atoms with Crippen molar-refractivity contribution < 1.29 is 14.7 Å². The summed E-state index contributed by atoms with van der Waals surface area (Å²) < 4.78 is 0. The molecular weight excluding hydrogens is 156 g/mol. The van der Waals surface area contributed by atoms with Gasteiger partial charge >= 0.3 is 5.97 Å². The van der Waals surface area contributed by atoms with Crippen LogP contribution in [0.1, 0.15) is 32.1 Å². The van der Waals surface area contributed by atoms with Crippen LogP contribution in [0.5, 0.6) is 0 Å². The zero-order valence-electron chi connectivity index (χ0n) is 7.03. The lowest BCUT2D eigenvalue weighted by Crippen LogP contribution is -1.85. The Morgan fingerprint density at radius 2 is 1.83 bits per heavy atom. The first-order chi connectivity index (χ1) is 5.77. The molecule has 3 nitrogen and oxygen atoms in total. The van der Waals surface area contributed by atoms with Crippen molar-refractivity contribution in [3.05, 3.63) is 12.2 Å². The first-order valence-corrected chi connectivity index (χ1v) is 4.10. The Morgan fingerprint density at radius 1 is 1.17 bits per heavy atom. The molecule has 0 unspecified atom stereocenters. The van der Waals surface area contributed by atoms with E-state index in [-0.39, 0.29) is 0 Å². The van der Waals surface area contributed by atoms with E-state index in [1.807, 2.05) is 0 Å². The highest BCUT2D eigenvalue weighted by Gasteiger charge is 1.87. The Labute approximate surface area is 72.1 Å². The number of carbonyl (C=O) groups excluding carboxylic acids is 1. The van der Waals surface area contributed by atoms with Crippen molar-refractivity contribution in [2.75, 3.05) is 0 Å². The minimum Gasteiger partial charge on any atom is -0.478 e. The molecule has 0 aliphatic rings. The molecule has 3 heteroatoms. The predicted molar refractivity (Wildman–Crippen MR) is 45.9 cm³/mol. The number of unbranched alkanes of at least 4 members (excludes halogenated alkanes) is 4. The highest BCUT2D eigenvalue weighted by Crippen LogP contribution is 2.01. The van der Waals surface area contributed by atoms with Gasteiger partial charge in [-0.05, 0) is 19.3 Å². The summed E-state index contributed by atoms with van der Waals surface area (Å²) in [5.41, 5.74) is 0. The van der Waals surface area contributed by atoms with Crippen molar-refractivity contribution in [2.45, 2.75) is 32.1 Å². The third kappa shape index (κ3) is 8.88. The van der Waals surface area contributed by atoms with Crippen molar-refractivity contribution in [1.29, 1.82) is 0 Å². The van der Waals surface area contributed by atoms with E-state index >= 15 is 0 Å². The van der Waals surface area contributed by atoms with Gasteiger partial charge in [-0.1, -0.05) is 12.5 Å². The number of aldehydes is 1. The van der Waals surface area contributed by atoms with Gasteiger partial charge < -0.3 is 9.90 Å². The number of allylic oxidation sites excluding steroid dienone is 1. The smallest absolute Gasteiger partial charge is 0.327 e. The first-order valence-electron chi connectivity index (χ1n) is 4.10. The Bertz CT molecular complexity index is 161. The molecule has 0 atom stereocenters. The van der Waals surface area contributed by atoms with E-state index in [9.17, 15) is 9.59 Å². The maximum Gasteiger partial charge on any atom is 0.327 e. The molecule has 0 rings (SSSR count). The summed E-state index contributed by atoms with van der Waals surface area (Å²) in [4.78, 5) is 19.9. The minimum absolute atomic E-state index is 0.614. The molecular formula is C9H14O3. The Balaban J connectivity index is 3.10. The third-order valence-corrected chi connectivity index (χ3v) is 1.45.